The number of imidazole rings is 1. The zero-order chi connectivity index (χ0) is 16.9. The molecule has 0 aliphatic heterocycles. The first-order valence-electron chi connectivity index (χ1n) is 7.19. The summed E-state index contributed by atoms with van der Waals surface area (Å²) < 4.78 is 14.6. The van der Waals surface area contributed by atoms with E-state index in [1.54, 1.807) is 24.7 Å². The summed E-state index contributed by atoms with van der Waals surface area (Å²) in [6, 6.07) is 7.38. The number of aromatic amines is 1. The molecule has 0 fully saturated rings. The molecule has 0 radical (unpaired) electrons. The normalized spacial score (nSPS) is 10.3. The molecule has 0 saturated carbocycles. The largest absolute Gasteiger partial charge is 0.349 e. The number of anilines is 1. The van der Waals surface area contributed by atoms with E-state index in [2.05, 4.69) is 20.4 Å². The van der Waals surface area contributed by atoms with Gasteiger partial charge in [0.25, 0.3) is 0 Å². The van der Waals surface area contributed by atoms with E-state index in [0.29, 0.717) is 17.9 Å². The van der Waals surface area contributed by atoms with Crippen molar-refractivity contribution in [2.45, 2.75) is 12.8 Å². The zero-order valence-corrected chi connectivity index (χ0v) is 12.5. The number of nitriles is 1. The third-order valence-electron chi connectivity index (χ3n) is 3.33. The fraction of sp³-hybridized carbons (Fsp3) is 0.125. The maximum absolute atomic E-state index is 13.2. The lowest BCUT2D eigenvalue weighted by Crippen LogP contribution is -2.13. The van der Waals surface area contributed by atoms with Crippen LogP contribution in [0.15, 0.2) is 42.9 Å². The minimum absolute atomic E-state index is 0.161. The fourth-order valence-electron chi connectivity index (χ4n) is 2.19. The Balaban J connectivity index is 1.67. The van der Waals surface area contributed by atoms with Gasteiger partial charge in [0.15, 0.2) is 5.82 Å². The molecule has 0 saturated heterocycles. The van der Waals surface area contributed by atoms with E-state index in [1.165, 1.54) is 16.8 Å². The highest BCUT2D eigenvalue weighted by molar-refractivity contribution is 5.89. The molecule has 1 aromatic carbocycles. The van der Waals surface area contributed by atoms with Gasteiger partial charge in [-0.25, -0.2) is 14.1 Å². The van der Waals surface area contributed by atoms with Crippen LogP contribution in [0.4, 0.5) is 10.2 Å². The number of hydrogen-bond acceptors (Lipinski definition) is 4. The highest BCUT2D eigenvalue weighted by atomic mass is 19.1. The predicted octanol–water partition coefficient (Wildman–Crippen LogP) is 2.18. The van der Waals surface area contributed by atoms with Crippen molar-refractivity contribution >= 4 is 11.7 Å². The Hall–Kier alpha value is -3.47. The quantitative estimate of drug-likeness (QED) is 0.751. The Labute approximate surface area is 136 Å². The lowest BCUT2D eigenvalue weighted by atomic mass is 10.2. The van der Waals surface area contributed by atoms with E-state index >= 15 is 0 Å². The number of hydrogen-bond donors (Lipinski definition) is 2. The molecular weight excluding hydrogens is 311 g/mol. The average Bonchev–Trinajstić information content (AvgIpc) is 3.24. The number of nitrogens with one attached hydrogen (secondary N) is 2. The standard InChI is InChI=1S/C16H13FN6O/c17-12-1-2-13(11(9-12)10-18)23-8-5-15(22-23)21-16(24)4-3-14-19-6-7-20-14/h1-2,5-9H,3-4H2,(H,19,20)(H,21,22,24). The molecule has 0 bridgehead atoms. The molecule has 2 aromatic heterocycles. The Morgan fingerprint density at radius 3 is 3.04 bits per heavy atom. The lowest BCUT2D eigenvalue weighted by molar-refractivity contribution is -0.116. The minimum atomic E-state index is -0.492. The van der Waals surface area contributed by atoms with Crippen molar-refractivity contribution < 1.29 is 9.18 Å². The number of H-pyrrole nitrogens is 1. The van der Waals surface area contributed by atoms with Gasteiger partial charge in [-0.3, -0.25) is 4.79 Å². The van der Waals surface area contributed by atoms with Crippen molar-refractivity contribution in [2.24, 2.45) is 0 Å². The van der Waals surface area contributed by atoms with E-state index in [9.17, 15) is 9.18 Å². The van der Waals surface area contributed by atoms with Crippen LogP contribution >= 0.6 is 0 Å². The van der Waals surface area contributed by atoms with Crippen LogP contribution in [0, 0.1) is 17.1 Å². The van der Waals surface area contributed by atoms with E-state index in [4.69, 9.17) is 5.26 Å². The van der Waals surface area contributed by atoms with Gasteiger partial charge in [0, 0.05) is 37.5 Å². The molecule has 7 nitrogen and oxygen atoms in total. The molecule has 0 spiro atoms. The number of aryl methyl sites for hydroxylation is 1. The maximum atomic E-state index is 13.2. The Morgan fingerprint density at radius 2 is 2.29 bits per heavy atom. The fourth-order valence-corrected chi connectivity index (χ4v) is 2.19. The third kappa shape index (κ3) is 3.47. The van der Waals surface area contributed by atoms with E-state index in [-0.39, 0.29) is 17.9 Å². The van der Waals surface area contributed by atoms with Crippen LogP contribution in [0.2, 0.25) is 0 Å². The number of nitrogens with zero attached hydrogens (tertiary/aromatic N) is 4. The van der Waals surface area contributed by atoms with Crippen molar-refractivity contribution in [1.29, 1.82) is 5.26 Å². The van der Waals surface area contributed by atoms with Gasteiger partial charge in [0.05, 0.1) is 11.3 Å². The van der Waals surface area contributed by atoms with Crippen LogP contribution in [0.5, 0.6) is 0 Å². The molecule has 0 unspecified atom stereocenters. The number of aromatic nitrogens is 4. The monoisotopic (exact) mass is 324 g/mol. The molecule has 120 valence electrons. The molecule has 1 amide bonds. The van der Waals surface area contributed by atoms with Gasteiger partial charge in [0.2, 0.25) is 5.91 Å². The summed E-state index contributed by atoms with van der Waals surface area (Å²) in [6.45, 7) is 0. The van der Waals surface area contributed by atoms with E-state index < -0.39 is 5.82 Å². The molecular formula is C16H13FN6O. The molecule has 3 aromatic rings. The van der Waals surface area contributed by atoms with Crippen molar-refractivity contribution in [2.75, 3.05) is 5.32 Å². The second-order valence-electron chi connectivity index (χ2n) is 5.00. The maximum Gasteiger partial charge on any atom is 0.226 e. The number of rotatable bonds is 5. The van der Waals surface area contributed by atoms with Gasteiger partial charge in [0.1, 0.15) is 17.7 Å². The molecule has 0 aliphatic rings. The predicted molar refractivity (Wildman–Crippen MR) is 83.8 cm³/mol. The molecule has 0 atom stereocenters. The van der Waals surface area contributed by atoms with Crippen LogP contribution in [0.3, 0.4) is 0 Å². The lowest BCUT2D eigenvalue weighted by Gasteiger charge is -2.04. The van der Waals surface area contributed by atoms with Crippen LogP contribution in [-0.4, -0.2) is 25.7 Å². The van der Waals surface area contributed by atoms with Gasteiger partial charge in [-0.05, 0) is 18.2 Å². The van der Waals surface area contributed by atoms with Crippen LogP contribution in [0.1, 0.15) is 17.8 Å². The van der Waals surface area contributed by atoms with E-state index in [1.807, 2.05) is 6.07 Å². The second kappa shape index (κ2) is 6.75. The molecule has 2 heterocycles. The second-order valence-corrected chi connectivity index (χ2v) is 5.00. The van der Waals surface area contributed by atoms with Gasteiger partial charge in [-0.2, -0.15) is 10.4 Å². The van der Waals surface area contributed by atoms with Gasteiger partial charge in [-0.1, -0.05) is 0 Å². The van der Waals surface area contributed by atoms with Gasteiger partial charge >= 0.3 is 0 Å². The Bertz CT molecular complexity index is 894. The first kappa shape index (κ1) is 15.4. The van der Waals surface area contributed by atoms with Crippen molar-refractivity contribution in [3.8, 4) is 11.8 Å². The molecule has 24 heavy (non-hydrogen) atoms. The van der Waals surface area contributed by atoms with Crippen molar-refractivity contribution in [3.63, 3.8) is 0 Å². The summed E-state index contributed by atoms with van der Waals surface area (Å²) in [6.07, 6.45) is 5.68. The molecule has 0 aliphatic carbocycles. The Morgan fingerprint density at radius 1 is 1.42 bits per heavy atom. The van der Waals surface area contributed by atoms with Crippen molar-refractivity contribution in [1.82, 2.24) is 19.7 Å². The summed E-state index contributed by atoms with van der Waals surface area (Å²) in [5.41, 5.74) is 0.601. The number of benzene rings is 1. The zero-order valence-electron chi connectivity index (χ0n) is 12.5. The van der Waals surface area contributed by atoms with E-state index in [0.717, 1.165) is 11.9 Å². The van der Waals surface area contributed by atoms with Crippen LogP contribution < -0.4 is 5.32 Å². The number of carbonyl (C=O) groups is 1. The number of carbonyl (C=O) groups excluding carboxylic acids is 1. The highest BCUT2D eigenvalue weighted by Crippen LogP contribution is 2.16. The van der Waals surface area contributed by atoms with Crippen molar-refractivity contribution in [3.05, 3.63) is 60.1 Å². The number of halogens is 1. The summed E-state index contributed by atoms with van der Waals surface area (Å²) >= 11 is 0. The van der Waals surface area contributed by atoms with Crippen LogP contribution in [0.25, 0.3) is 5.69 Å². The minimum Gasteiger partial charge on any atom is -0.349 e. The first-order valence-corrected chi connectivity index (χ1v) is 7.19. The summed E-state index contributed by atoms with van der Waals surface area (Å²) in [5, 5.41) is 15.9. The van der Waals surface area contributed by atoms with Gasteiger partial charge in [-0.15, -0.1) is 0 Å². The summed E-state index contributed by atoms with van der Waals surface area (Å²) in [4.78, 5) is 18.9. The highest BCUT2D eigenvalue weighted by Gasteiger charge is 2.10. The first-order chi connectivity index (χ1) is 11.7. The number of amides is 1. The topological polar surface area (TPSA) is 99.4 Å². The molecule has 2 N–H and O–H groups in total. The van der Waals surface area contributed by atoms with Crippen LogP contribution in [-0.2, 0) is 11.2 Å². The Kier molecular flexibility index (Phi) is 4.34. The summed E-state index contributed by atoms with van der Waals surface area (Å²) in [5.74, 6) is 0.401. The molecule has 8 heteroatoms. The smallest absolute Gasteiger partial charge is 0.226 e. The SMILES string of the molecule is N#Cc1cc(F)ccc1-n1ccc(NC(=O)CCc2ncc[nH]2)n1. The molecule has 3 rings (SSSR count). The summed E-state index contributed by atoms with van der Waals surface area (Å²) in [7, 11) is 0. The van der Waals surface area contributed by atoms with Gasteiger partial charge < -0.3 is 10.3 Å². The average molecular weight is 324 g/mol. The third-order valence-corrected chi connectivity index (χ3v) is 3.33.